The molecule has 0 radical (unpaired) electrons. The van der Waals surface area contributed by atoms with Crippen LogP contribution >= 0.6 is 23.2 Å². The maximum Gasteiger partial charge on any atom is 0.167 e. The van der Waals surface area contributed by atoms with Gasteiger partial charge in [0.2, 0.25) is 0 Å². The van der Waals surface area contributed by atoms with E-state index in [0.717, 1.165) is 11.3 Å². The maximum atomic E-state index is 6.38. The Morgan fingerprint density at radius 3 is 2.50 bits per heavy atom. The molecule has 24 heavy (non-hydrogen) atoms. The SMILES string of the molecule is CCN(N=C(c1ccccc1Cl)n1ccnc1)c1ccc(Cl)cc1. The molecule has 0 aliphatic heterocycles. The van der Waals surface area contributed by atoms with E-state index in [0.29, 0.717) is 22.4 Å². The fourth-order valence-electron chi connectivity index (χ4n) is 2.31. The Hall–Kier alpha value is -2.30. The fourth-order valence-corrected chi connectivity index (χ4v) is 2.66. The van der Waals surface area contributed by atoms with E-state index in [2.05, 4.69) is 4.98 Å². The van der Waals surface area contributed by atoms with E-state index in [-0.39, 0.29) is 0 Å². The van der Waals surface area contributed by atoms with E-state index in [9.17, 15) is 0 Å². The highest BCUT2D eigenvalue weighted by Crippen LogP contribution is 2.21. The van der Waals surface area contributed by atoms with E-state index >= 15 is 0 Å². The van der Waals surface area contributed by atoms with Crippen molar-refractivity contribution in [3.8, 4) is 0 Å². The minimum atomic E-state index is 0.636. The van der Waals surface area contributed by atoms with Crippen molar-refractivity contribution in [2.45, 2.75) is 6.92 Å². The van der Waals surface area contributed by atoms with Crippen LogP contribution in [-0.4, -0.2) is 21.9 Å². The monoisotopic (exact) mass is 358 g/mol. The number of halogens is 2. The minimum Gasteiger partial charge on any atom is -0.289 e. The van der Waals surface area contributed by atoms with E-state index in [1.165, 1.54) is 0 Å². The molecule has 3 aromatic rings. The smallest absolute Gasteiger partial charge is 0.167 e. The van der Waals surface area contributed by atoms with Crippen molar-refractivity contribution in [3.05, 3.63) is 82.9 Å². The third-order valence-corrected chi connectivity index (χ3v) is 4.08. The molecule has 0 aliphatic rings. The summed E-state index contributed by atoms with van der Waals surface area (Å²) < 4.78 is 1.85. The molecule has 0 amide bonds. The molecular formula is C18H16Cl2N4. The highest BCUT2D eigenvalue weighted by atomic mass is 35.5. The lowest BCUT2D eigenvalue weighted by Gasteiger charge is -2.20. The van der Waals surface area contributed by atoms with Gasteiger partial charge in [-0.1, -0.05) is 35.3 Å². The average Bonchev–Trinajstić information content (AvgIpc) is 3.12. The van der Waals surface area contributed by atoms with Gasteiger partial charge in [-0.05, 0) is 43.3 Å². The van der Waals surface area contributed by atoms with Gasteiger partial charge in [-0.2, -0.15) is 5.10 Å². The van der Waals surface area contributed by atoms with Crippen molar-refractivity contribution in [1.82, 2.24) is 9.55 Å². The Balaban J connectivity index is 2.09. The fraction of sp³-hybridized carbons (Fsp3) is 0.111. The minimum absolute atomic E-state index is 0.636. The van der Waals surface area contributed by atoms with Crippen LogP contribution in [0.15, 0.2) is 72.4 Å². The molecule has 0 saturated carbocycles. The summed E-state index contributed by atoms with van der Waals surface area (Å²) in [6, 6.07) is 15.2. The number of anilines is 1. The largest absolute Gasteiger partial charge is 0.289 e. The second-order valence-corrected chi connectivity index (χ2v) is 5.91. The summed E-state index contributed by atoms with van der Waals surface area (Å²) in [6.45, 7) is 2.74. The summed E-state index contributed by atoms with van der Waals surface area (Å²) in [4.78, 5) is 4.12. The normalized spacial score (nSPS) is 11.5. The summed E-state index contributed by atoms with van der Waals surface area (Å²) in [7, 11) is 0. The Morgan fingerprint density at radius 2 is 1.88 bits per heavy atom. The third-order valence-electron chi connectivity index (χ3n) is 3.50. The van der Waals surface area contributed by atoms with Gasteiger partial charge in [0.05, 0.1) is 10.7 Å². The Bertz CT molecular complexity index is 826. The molecule has 0 aliphatic carbocycles. The van der Waals surface area contributed by atoms with Crippen LogP contribution in [0.5, 0.6) is 0 Å². The molecule has 6 heteroatoms. The molecule has 0 spiro atoms. The number of hydrogen-bond donors (Lipinski definition) is 0. The van der Waals surface area contributed by atoms with Crippen LogP contribution in [0.2, 0.25) is 10.0 Å². The molecule has 0 atom stereocenters. The van der Waals surface area contributed by atoms with E-state index in [1.54, 1.807) is 12.5 Å². The number of rotatable bonds is 4. The van der Waals surface area contributed by atoms with Crippen LogP contribution in [0.25, 0.3) is 0 Å². The molecule has 0 bridgehead atoms. The van der Waals surface area contributed by atoms with Gasteiger partial charge in [0, 0.05) is 29.5 Å². The van der Waals surface area contributed by atoms with E-state index in [1.807, 2.05) is 71.2 Å². The van der Waals surface area contributed by atoms with Crippen LogP contribution in [-0.2, 0) is 0 Å². The molecule has 1 heterocycles. The quantitative estimate of drug-likeness (QED) is 0.376. The zero-order valence-corrected chi connectivity index (χ0v) is 14.6. The van der Waals surface area contributed by atoms with Gasteiger partial charge >= 0.3 is 0 Å². The van der Waals surface area contributed by atoms with Gasteiger partial charge in [-0.3, -0.25) is 9.58 Å². The van der Waals surface area contributed by atoms with Gasteiger partial charge < -0.3 is 0 Å². The summed E-state index contributed by atoms with van der Waals surface area (Å²) in [6.07, 6.45) is 5.26. The topological polar surface area (TPSA) is 33.4 Å². The molecular weight excluding hydrogens is 343 g/mol. The van der Waals surface area contributed by atoms with Gasteiger partial charge in [0.15, 0.2) is 5.84 Å². The maximum absolute atomic E-state index is 6.38. The van der Waals surface area contributed by atoms with Gasteiger partial charge in [0.1, 0.15) is 6.33 Å². The molecule has 4 nitrogen and oxygen atoms in total. The first-order valence-electron chi connectivity index (χ1n) is 7.54. The lowest BCUT2D eigenvalue weighted by Crippen LogP contribution is -2.22. The lowest BCUT2D eigenvalue weighted by molar-refractivity contribution is 0.880. The molecule has 2 aromatic carbocycles. The third kappa shape index (κ3) is 3.61. The Labute approximate surface area is 151 Å². The first kappa shape index (κ1) is 16.6. The summed E-state index contributed by atoms with van der Waals surface area (Å²) >= 11 is 12.4. The molecule has 0 saturated heterocycles. The molecule has 1 aromatic heterocycles. The lowest BCUT2D eigenvalue weighted by atomic mass is 10.2. The molecule has 0 N–H and O–H groups in total. The number of hydrogen-bond acceptors (Lipinski definition) is 3. The first-order valence-corrected chi connectivity index (χ1v) is 8.29. The van der Waals surface area contributed by atoms with Crippen molar-refractivity contribution in [3.63, 3.8) is 0 Å². The van der Waals surface area contributed by atoms with Crippen molar-refractivity contribution < 1.29 is 0 Å². The van der Waals surface area contributed by atoms with Gasteiger partial charge in [-0.25, -0.2) is 4.98 Å². The predicted octanol–water partition coefficient (Wildman–Crippen LogP) is 4.93. The van der Waals surface area contributed by atoms with Crippen molar-refractivity contribution in [1.29, 1.82) is 0 Å². The molecule has 3 rings (SSSR count). The highest BCUT2D eigenvalue weighted by molar-refractivity contribution is 6.34. The van der Waals surface area contributed by atoms with E-state index < -0.39 is 0 Å². The Morgan fingerprint density at radius 1 is 1.12 bits per heavy atom. The van der Waals surface area contributed by atoms with Crippen molar-refractivity contribution in [2.75, 3.05) is 11.6 Å². The second kappa shape index (κ2) is 7.51. The number of aromatic nitrogens is 2. The molecule has 0 unspecified atom stereocenters. The summed E-state index contributed by atoms with van der Waals surface area (Å²) in [5.74, 6) is 0.704. The second-order valence-electron chi connectivity index (χ2n) is 5.07. The van der Waals surface area contributed by atoms with Gasteiger partial charge in [-0.15, -0.1) is 0 Å². The molecule has 0 fully saturated rings. The average molecular weight is 359 g/mol. The van der Waals surface area contributed by atoms with Crippen LogP contribution < -0.4 is 5.01 Å². The highest BCUT2D eigenvalue weighted by Gasteiger charge is 2.13. The van der Waals surface area contributed by atoms with E-state index in [4.69, 9.17) is 28.3 Å². The zero-order chi connectivity index (χ0) is 16.9. The predicted molar refractivity (Wildman–Crippen MR) is 100 cm³/mol. The van der Waals surface area contributed by atoms with Crippen LogP contribution in [0.3, 0.4) is 0 Å². The number of nitrogens with zero attached hydrogens (tertiary/aromatic N) is 4. The van der Waals surface area contributed by atoms with Crippen LogP contribution in [0.1, 0.15) is 12.5 Å². The zero-order valence-electron chi connectivity index (χ0n) is 13.1. The summed E-state index contributed by atoms with van der Waals surface area (Å²) in [5.41, 5.74) is 1.79. The summed E-state index contributed by atoms with van der Waals surface area (Å²) in [5, 5.41) is 8.04. The number of benzene rings is 2. The Kier molecular flexibility index (Phi) is 5.18. The van der Waals surface area contributed by atoms with Crippen LogP contribution in [0, 0.1) is 0 Å². The van der Waals surface area contributed by atoms with Crippen LogP contribution in [0.4, 0.5) is 5.69 Å². The number of imidazole rings is 1. The van der Waals surface area contributed by atoms with Crippen molar-refractivity contribution in [2.24, 2.45) is 5.10 Å². The standard InChI is InChI=1S/C18H16Cl2N4/c1-2-24(15-9-7-14(19)8-10-15)22-18(23-12-11-21-13-23)16-5-3-4-6-17(16)20/h3-13H,2H2,1H3. The van der Waals surface area contributed by atoms with Gasteiger partial charge in [0.25, 0.3) is 0 Å². The number of hydrazone groups is 1. The first-order chi connectivity index (χ1) is 11.7. The van der Waals surface area contributed by atoms with Crippen molar-refractivity contribution >= 4 is 34.7 Å². The molecule has 122 valence electrons.